The van der Waals surface area contributed by atoms with E-state index in [-0.39, 0.29) is 50.8 Å². The van der Waals surface area contributed by atoms with Gasteiger partial charge in [0.05, 0.1) is 31.7 Å². The molecule has 1 saturated heterocycles. The van der Waals surface area contributed by atoms with Crippen LogP contribution in [-0.4, -0.2) is 109 Å². The Morgan fingerprint density at radius 2 is 1.91 bits per heavy atom. The normalized spacial score (nSPS) is 25.9. The lowest BCUT2D eigenvalue weighted by atomic mass is 10.1. The Balaban J connectivity index is 1.22. The third-order valence-corrected chi connectivity index (χ3v) is 11.9. The van der Waals surface area contributed by atoms with Crippen LogP contribution in [0.2, 0.25) is 0 Å². The number of hydrogen-bond donors (Lipinski definition) is 3. The molecule has 300 valence electrons. The number of aromatic nitrogens is 2. The van der Waals surface area contributed by atoms with Gasteiger partial charge < -0.3 is 38.9 Å². The van der Waals surface area contributed by atoms with Gasteiger partial charge in [-0.25, -0.2) is 23.2 Å². The van der Waals surface area contributed by atoms with Crippen LogP contribution in [0, 0.1) is 5.92 Å². The Hall–Kier alpha value is -5.23. The number of hydrogen-bond acceptors (Lipinski definition) is 13. The number of methoxy groups -OCH3 is 1. The highest BCUT2D eigenvalue weighted by atomic mass is 32.2. The lowest BCUT2D eigenvalue weighted by Crippen LogP contribution is -2.58. The maximum Gasteiger partial charge on any atom is 0.408 e. The van der Waals surface area contributed by atoms with Crippen LogP contribution < -0.4 is 24.8 Å². The molecule has 2 saturated carbocycles. The predicted molar refractivity (Wildman–Crippen MR) is 200 cm³/mol. The second kappa shape index (κ2) is 15.4. The van der Waals surface area contributed by atoms with Gasteiger partial charge in [0.2, 0.25) is 33.6 Å². The minimum atomic E-state index is -3.93. The average Bonchev–Trinajstić information content (AvgIpc) is 4.00. The van der Waals surface area contributed by atoms with E-state index in [9.17, 15) is 27.6 Å². The molecule has 3 N–H and O–H groups in total. The largest absolute Gasteiger partial charge is 0.497 e. The molecule has 17 nitrogen and oxygen atoms in total. The van der Waals surface area contributed by atoms with Gasteiger partial charge in [-0.05, 0) is 76.1 Å². The lowest BCUT2D eigenvalue weighted by Gasteiger charge is -2.30. The van der Waals surface area contributed by atoms with E-state index in [0.29, 0.717) is 41.5 Å². The second-order valence-electron chi connectivity index (χ2n) is 15.5. The topological polar surface area (TPSA) is 218 Å². The number of carbonyl (C=O) groups excluding carboxylic acids is 4. The number of carbonyl (C=O) groups is 4. The molecule has 2 unspecified atom stereocenters. The zero-order valence-electron chi connectivity index (χ0n) is 31.6. The maximum atomic E-state index is 14.5. The van der Waals surface area contributed by atoms with E-state index in [1.54, 1.807) is 58.2 Å². The van der Waals surface area contributed by atoms with Crippen molar-refractivity contribution in [1.82, 2.24) is 30.2 Å². The molecule has 4 aliphatic rings. The summed E-state index contributed by atoms with van der Waals surface area (Å²) >= 11 is 0. The first-order valence-electron chi connectivity index (χ1n) is 18.6. The Morgan fingerprint density at radius 3 is 2.62 bits per heavy atom. The molecule has 0 spiro atoms. The SMILES string of the molecule is COc1ccc2c(OC3C[C@H]4C(=O)N[C@]5(C(=O)NS(=O)(=O)C6CC6)CC5C=CCCOCC[C@H](NC(=O)OC(C)(C)C)C(=O)N4C3)nc(-c3ncco3)cc2c1. The number of oxazole rings is 1. The van der Waals surface area contributed by atoms with Gasteiger partial charge in [0.25, 0.3) is 5.91 Å². The fourth-order valence-corrected chi connectivity index (χ4v) is 8.37. The van der Waals surface area contributed by atoms with E-state index >= 15 is 0 Å². The Labute approximate surface area is 323 Å². The van der Waals surface area contributed by atoms with E-state index in [2.05, 4.69) is 20.3 Å². The number of ether oxygens (including phenoxy) is 4. The van der Waals surface area contributed by atoms with Crippen molar-refractivity contribution in [3.05, 3.63) is 48.9 Å². The number of alkyl carbamates (subject to hydrolysis) is 1. The molecular formula is C38H46N6O11S. The number of amides is 4. The number of rotatable bonds is 8. The number of fused-ring (bicyclic) bond motifs is 3. The Morgan fingerprint density at radius 1 is 1.11 bits per heavy atom. The van der Waals surface area contributed by atoms with E-state index < -0.39 is 74.3 Å². The van der Waals surface area contributed by atoms with Crippen LogP contribution >= 0.6 is 0 Å². The molecule has 2 aliphatic carbocycles. The first kappa shape index (κ1) is 39.0. The summed E-state index contributed by atoms with van der Waals surface area (Å²) in [6.07, 6.45) is 6.40. The minimum absolute atomic E-state index is 0.0334. The minimum Gasteiger partial charge on any atom is -0.497 e. The van der Waals surface area contributed by atoms with Crippen LogP contribution in [0.1, 0.15) is 59.3 Å². The third kappa shape index (κ3) is 8.60. The fraction of sp³-hybridized carbons (Fsp3) is 0.526. The Kier molecular flexibility index (Phi) is 10.7. The predicted octanol–water partition coefficient (Wildman–Crippen LogP) is 2.99. The molecule has 2 aliphatic heterocycles. The van der Waals surface area contributed by atoms with Crippen molar-refractivity contribution in [3.63, 3.8) is 0 Å². The number of sulfonamides is 1. The number of benzene rings is 1. The molecule has 1 aromatic carbocycles. The lowest BCUT2D eigenvalue weighted by molar-refractivity contribution is -0.141. The molecular weight excluding hydrogens is 749 g/mol. The van der Waals surface area contributed by atoms with Crippen LogP contribution in [0.3, 0.4) is 0 Å². The molecule has 4 heterocycles. The molecule has 5 atom stereocenters. The van der Waals surface area contributed by atoms with Gasteiger partial charge >= 0.3 is 6.09 Å². The molecule has 3 aromatic rings. The van der Waals surface area contributed by atoms with Crippen molar-refractivity contribution in [2.75, 3.05) is 26.9 Å². The summed E-state index contributed by atoms with van der Waals surface area (Å²) in [7, 11) is -2.38. The van der Waals surface area contributed by atoms with Crippen LogP contribution in [0.15, 0.2) is 53.3 Å². The maximum absolute atomic E-state index is 14.5. The highest BCUT2D eigenvalue weighted by Crippen LogP contribution is 2.46. The molecule has 2 aromatic heterocycles. The first-order chi connectivity index (χ1) is 26.7. The van der Waals surface area contributed by atoms with Crippen LogP contribution in [-0.2, 0) is 33.9 Å². The van der Waals surface area contributed by atoms with Crippen LogP contribution in [0.25, 0.3) is 22.4 Å². The van der Waals surface area contributed by atoms with Gasteiger partial charge in [-0.2, -0.15) is 0 Å². The van der Waals surface area contributed by atoms with E-state index in [4.69, 9.17) is 28.3 Å². The average molecular weight is 795 g/mol. The van der Waals surface area contributed by atoms with Crippen LogP contribution in [0.4, 0.5) is 4.79 Å². The highest BCUT2D eigenvalue weighted by Gasteiger charge is 2.62. The van der Waals surface area contributed by atoms with E-state index in [1.165, 1.54) is 17.4 Å². The highest BCUT2D eigenvalue weighted by molar-refractivity contribution is 7.91. The zero-order valence-corrected chi connectivity index (χ0v) is 32.4. The zero-order chi connectivity index (χ0) is 39.8. The number of nitrogens with one attached hydrogen (secondary N) is 3. The summed E-state index contributed by atoms with van der Waals surface area (Å²) in [5.74, 6) is -1.61. The molecule has 4 amide bonds. The van der Waals surface area contributed by atoms with Gasteiger partial charge in [0.15, 0.2) is 0 Å². The second-order valence-corrected chi connectivity index (χ2v) is 17.4. The van der Waals surface area contributed by atoms with Crippen molar-refractivity contribution in [2.45, 2.75) is 93.9 Å². The molecule has 56 heavy (non-hydrogen) atoms. The van der Waals surface area contributed by atoms with Crippen molar-refractivity contribution in [1.29, 1.82) is 0 Å². The van der Waals surface area contributed by atoms with Gasteiger partial charge in [-0.1, -0.05) is 12.2 Å². The van der Waals surface area contributed by atoms with Gasteiger partial charge in [0, 0.05) is 30.8 Å². The quantitative estimate of drug-likeness (QED) is 0.280. The third-order valence-electron chi connectivity index (χ3n) is 10.1. The molecule has 0 bridgehead atoms. The molecule has 0 radical (unpaired) electrons. The van der Waals surface area contributed by atoms with Crippen molar-refractivity contribution >= 4 is 44.6 Å². The van der Waals surface area contributed by atoms with Gasteiger partial charge in [-0.3, -0.25) is 19.1 Å². The summed E-state index contributed by atoms with van der Waals surface area (Å²) in [5, 5.41) is 6.16. The van der Waals surface area contributed by atoms with Gasteiger partial charge in [-0.15, -0.1) is 0 Å². The fourth-order valence-electron chi connectivity index (χ4n) is 7.00. The molecule has 3 fully saturated rings. The van der Waals surface area contributed by atoms with Crippen molar-refractivity contribution in [2.24, 2.45) is 5.92 Å². The summed E-state index contributed by atoms with van der Waals surface area (Å²) < 4.78 is 56.7. The van der Waals surface area contributed by atoms with Gasteiger partial charge in [0.1, 0.15) is 47.0 Å². The monoisotopic (exact) mass is 794 g/mol. The summed E-state index contributed by atoms with van der Waals surface area (Å²) in [6, 6.07) is 4.75. The number of nitrogens with zero attached hydrogens (tertiary/aromatic N) is 3. The standard InChI is InChI=1S/C38H46N6O11S/c1-37(2,3)55-36(48)41-28-12-15-52-14-6-5-7-23-20-38(23,35(47)43-56(49,50)26-9-10-26)42-31(45)30-19-25(21-44(30)34(28)46)54-32-27-11-8-24(51-4)17-22(27)18-29(40-32)33-39-13-16-53-33/h5,7-8,11,13,16-18,23,25-26,28,30H,6,9-10,12,14-15,19-21H2,1-4H3,(H,41,48)(H,42,45)(H,43,47)/t23?,25?,28-,30-,38+/m0/s1. The van der Waals surface area contributed by atoms with E-state index in [1.807, 2.05) is 6.08 Å². The summed E-state index contributed by atoms with van der Waals surface area (Å²) in [6.45, 7) is 5.36. The van der Waals surface area contributed by atoms with E-state index in [0.717, 1.165) is 0 Å². The van der Waals surface area contributed by atoms with Crippen LogP contribution in [0.5, 0.6) is 11.6 Å². The summed E-state index contributed by atoms with van der Waals surface area (Å²) in [5.41, 5.74) is -2.05. The van der Waals surface area contributed by atoms with Crippen molar-refractivity contribution < 1.29 is 51.0 Å². The molecule has 7 rings (SSSR count). The first-order valence-corrected chi connectivity index (χ1v) is 20.2. The summed E-state index contributed by atoms with van der Waals surface area (Å²) in [4.78, 5) is 66.0. The van der Waals surface area contributed by atoms with Crippen molar-refractivity contribution in [3.8, 4) is 23.2 Å². The Bertz CT molecular complexity index is 2130. The molecule has 18 heteroatoms. The smallest absolute Gasteiger partial charge is 0.408 e. The number of pyridine rings is 1.